The van der Waals surface area contributed by atoms with Crippen LogP contribution < -0.4 is 11.1 Å². The molecular weight excluding hydrogens is 283 g/mol. The molecule has 98 valence electrons. The third-order valence-corrected chi connectivity index (χ3v) is 3.01. The summed E-state index contributed by atoms with van der Waals surface area (Å²) in [5, 5.41) is 3.64. The summed E-state index contributed by atoms with van der Waals surface area (Å²) in [6, 6.07) is 10.1. The van der Waals surface area contributed by atoms with Gasteiger partial charge in [-0.3, -0.25) is 4.79 Å². The van der Waals surface area contributed by atoms with Gasteiger partial charge in [0.25, 0.3) is 5.91 Å². The average molecular weight is 295 g/mol. The Bertz CT molecular complexity index is 621. The van der Waals surface area contributed by atoms with Crippen LogP contribution in [0.25, 0.3) is 0 Å². The molecule has 2 rings (SSSR count). The summed E-state index contributed by atoms with van der Waals surface area (Å²) in [5.74, 6) is -0.292. The second kappa shape index (κ2) is 5.51. The van der Waals surface area contributed by atoms with E-state index >= 15 is 0 Å². The van der Waals surface area contributed by atoms with Gasteiger partial charge in [0.1, 0.15) is 0 Å². The molecule has 0 radical (unpaired) electrons. The van der Waals surface area contributed by atoms with E-state index in [1.165, 1.54) is 0 Å². The van der Waals surface area contributed by atoms with Crippen LogP contribution in [-0.2, 0) is 0 Å². The molecule has 0 aliphatic carbocycles. The highest BCUT2D eigenvalue weighted by atomic mass is 35.5. The summed E-state index contributed by atoms with van der Waals surface area (Å²) in [7, 11) is 0. The van der Waals surface area contributed by atoms with Crippen molar-refractivity contribution in [1.82, 2.24) is 0 Å². The number of anilines is 2. The lowest BCUT2D eigenvalue weighted by molar-refractivity contribution is 0.102. The maximum Gasteiger partial charge on any atom is 0.257 e. The maximum absolute atomic E-state index is 12.1. The minimum atomic E-state index is -0.292. The van der Waals surface area contributed by atoms with Crippen LogP contribution in [0.1, 0.15) is 15.9 Å². The number of rotatable bonds is 2. The fourth-order valence-corrected chi connectivity index (χ4v) is 2.22. The lowest BCUT2D eigenvalue weighted by atomic mass is 10.1. The number of nitrogens with one attached hydrogen (secondary N) is 1. The predicted molar refractivity (Wildman–Crippen MR) is 80.0 cm³/mol. The van der Waals surface area contributed by atoms with E-state index in [0.29, 0.717) is 27.0 Å². The third-order valence-electron chi connectivity index (χ3n) is 2.57. The van der Waals surface area contributed by atoms with Crippen LogP contribution in [0.3, 0.4) is 0 Å². The number of halogens is 2. The zero-order chi connectivity index (χ0) is 14.0. The van der Waals surface area contributed by atoms with E-state index in [1.807, 2.05) is 13.0 Å². The Hall–Kier alpha value is -1.71. The normalized spacial score (nSPS) is 10.3. The minimum absolute atomic E-state index is 0.292. The Kier molecular flexibility index (Phi) is 3.98. The molecule has 0 saturated carbocycles. The van der Waals surface area contributed by atoms with E-state index in [2.05, 4.69) is 5.32 Å². The van der Waals surface area contributed by atoms with Gasteiger partial charge in [0.15, 0.2) is 0 Å². The smallest absolute Gasteiger partial charge is 0.257 e. The molecule has 0 unspecified atom stereocenters. The molecule has 5 heteroatoms. The molecule has 19 heavy (non-hydrogen) atoms. The Balaban J connectivity index is 2.28. The molecular formula is C14H12Cl2N2O. The van der Waals surface area contributed by atoms with Crippen molar-refractivity contribution in [3.8, 4) is 0 Å². The van der Waals surface area contributed by atoms with Gasteiger partial charge in [-0.15, -0.1) is 0 Å². The first-order valence-electron chi connectivity index (χ1n) is 5.59. The van der Waals surface area contributed by atoms with Gasteiger partial charge in [0.05, 0.1) is 5.56 Å². The van der Waals surface area contributed by atoms with Crippen LogP contribution >= 0.6 is 23.2 Å². The van der Waals surface area contributed by atoms with Crippen LogP contribution in [0.5, 0.6) is 0 Å². The Morgan fingerprint density at radius 3 is 2.37 bits per heavy atom. The molecule has 2 aromatic rings. The second-order valence-corrected chi connectivity index (χ2v) is 5.08. The summed E-state index contributed by atoms with van der Waals surface area (Å²) < 4.78 is 0. The van der Waals surface area contributed by atoms with Crippen LogP contribution in [0, 0.1) is 6.92 Å². The van der Waals surface area contributed by atoms with Crippen LogP contribution in [-0.4, -0.2) is 5.91 Å². The Morgan fingerprint density at radius 1 is 1.11 bits per heavy atom. The zero-order valence-electron chi connectivity index (χ0n) is 10.2. The molecule has 0 spiro atoms. The highest BCUT2D eigenvalue weighted by molar-refractivity contribution is 6.35. The Morgan fingerprint density at radius 2 is 1.74 bits per heavy atom. The van der Waals surface area contributed by atoms with Crippen molar-refractivity contribution in [2.75, 3.05) is 11.1 Å². The van der Waals surface area contributed by atoms with Crippen molar-refractivity contribution in [3.05, 3.63) is 57.6 Å². The number of hydrogen-bond donors (Lipinski definition) is 2. The third kappa shape index (κ3) is 3.40. The van der Waals surface area contributed by atoms with E-state index in [9.17, 15) is 4.79 Å². The first-order valence-corrected chi connectivity index (χ1v) is 6.35. The summed E-state index contributed by atoms with van der Waals surface area (Å²) in [5.41, 5.74) is 8.14. The highest BCUT2D eigenvalue weighted by Crippen LogP contribution is 2.23. The molecule has 0 aliphatic heterocycles. The van der Waals surface area contributed by atoms with Gasteiger partial charge >= 0.3 is 0 Å². The van der Waals surface area contributed by atoms with E-state index in [0.717, 1.165) is 5.56 Å². The number of benzene rings is 2. The molecule has 0 aliphatic rings. The van der Waals surface area contributed by atoms with Gasteiger partial charge in [0, 0.05) is 21.4 Å². The largest absolute Gasteiger partial charge is 0.398 e. The standard InChI is InChI=1S/C14H12Cl2N2O/c1-8-2-3-13(17)12(4-8)14(19)18-11-6-9(15)5-10(16)7-11/h2-7H,17H2,1H3,(H,18,19). The lowest BCUT2D eigenvalue weighted by Crippen LogP contribution is -2.14. The molecule has 0 fully saturated rings. The van der Waals surface area contributed by atoms with E-state index in [4.69, 9.17) is 28.9 Å². The monoisotopic (exact) mass is 294 g/mol. The van der Waals surface area contributed by atoms with Gasteiger partial charge < -0.3 is 11.1 Å². The fraction of sp³-hybridized carbons (Fsp3) is 0.0714. The van der Waals surface area contributed by atoms with Crippen molar-refractivity contribution in [3.63, 3.8) is 0 Å². The molecule has 3 nitrogen and oxygen atoms in total. The summed E-state index contributed by atoms with van der Waals surface area (Å²) >= 11 is 11.8. The van der Waals surface area contributed by atoms with E-state index < -0.39 is 0 Å². The molecule has 1 amide bonds. The number of amides is 1. The molecule has 0 heterocycles. The van der Waals surface area contributed by atoms with Gasteiger partial charge in [-0.05, 0) is 37.3 Å². The van der Waals surface area contributed by atoms with Crippen molar-refractivity contribution >= 4 is 40.5 Å². The fourth-order valence-electron chi connectivity index (χ4n) is 1.69. The molecule has 0 atom stereocenters. The highest BCUT2D eigenvalue weighted by Gasteiger charge is 2.10. The first-order chi connectivity index (χ1) is 8.95. The number of nitrogens with two attached hydrogens (primary N) is 1. The predicted octanol–water partition coefficient (Wildman–Crippen LogP) is 4.14. The molecule has 0 bridgehead atoms. The zero-order valence-corrected chi connectivity index (χ0v) is 11.7. The number of carbonyl (C=O) groups excluding carboxylic acids is 1. The van der Waals surface area contributed by atoms with Crippen LogP contribution in [0.4, 0.5) is 11.4 Å². The molecule has 0 saturated heterocycles. The first kappa shape index (κ1) is 13.7. The van der Waals surface area contributed by atoms with Gasteiger partial charge in [-0.25, -0.2) is 0 Å². The number of hydrogen-bond acceptors (Lipinski definition) is 2. The molecule has 3 N–H and O–H groups in total. The second-order valence-electron chi connectivity index (χ2n) is 4.20. The van der Waals surface area contributed by atoms with Crippen molar-refractivity contribution in [2.24, 2.45) is 0 Å². The SMILES string of the molecule is Cc1ccc(N)c(C(=O)Nc2cc(Cl)cc(Cl)c2)c1. The van der Waals surface area contributed by atoms with Crippen LogP contribution in [0.15, 0.2) is 36.4 Å². The van der Waals surface area contributed by atoms with Crippen molar-refractivity contribution < 1.29 is 4.79 Å². The Labute approximate surface area is 121 Å². The number of carbonyl (C=O) groups is 1. The van der Waals surface area contributed by atoms with Crippen LogP contribution in [0.2, 0.25) is 10.0 Å². The lowest BCUT2D eigenvalue weighted by Gasteiger charge is -2.09. The van der Waals surface area contributed by atoms with Crippen molar-refractivity contribution in [2.45, 2.75) is 6.92 Å². The average Bonchev–Trinajstić information content (AvgIpc) is 2.30. The molecule has 2 aromatic carbocycles. The van der Waals surface area contributed by atoms with Crippen molar-refractivity contribution in [1.29, 1.82) is 0 Å². The van der Waals surface area contributed by atoms with Gasteiger partial charge in [-0.1, -0.05) is 34.8 Å². The summed E-state index contributed by atoms with van der Waals surface area (Å²) in [6.45, 7) is 1.90. The van der Waals surface area contributed by atoms with Gasteiger partial charge in [-0.2, -0.15) is 0 Å². The summed E-state index contributed by atoms with van der Waals surface area (Å²) in [4.78, 5) is 12.1. The van der Waals surface area contributed by atoms with Gasteiger partial charge in [0.2, 0.25) is 0 Å². The maximum atomic E-state index is 12.1. The van der Waals surface area contributed by atoms with E-state index in [-0.39, 0.29) is 5.91 Å². The topological polar surface area (TPSA) is 55.1 Å². The van der Waals surface area contributed by atoms with E-state index in [1.54, 1.807) is 30.3 Å². The minimum Gasteiger partial charge on any atom is -0.398 e. The number of aryl methyl sites for hydroxylation is 1. The summed E-state index contributed by atoms with van der Waals surface area (Å²) in [6.07, 6.45) is 0. The quantitative estimate of drug-likeness (QED) is 0.818. The number of nitrogen functional groups attached to an aromatic ring is 1. The molecule has 0 aromatic heterocycles.